The lowest BCUT2D eigenvalue weighted by molar-refractivity contribution is -0.123. The first-order valence-corrected chi connectivity index (χ1v) is 45.6. The smallest absolute Gasteiger partial charge is 0.255 e. The molecule has 0 bridgehead atoms. The first-order valence-electron chi connectivity index (χ1n) is 45.6. The SMILES string of the molecule is CCN(CC)c1ccc2c(c1)Oc1cc(N(CC)CC)ccc1C21c2ccccc2C(=O)N1CCN(CCC(=O)NCCN(CCC(=O)NCCN=C1CC(C)=NN1c1ccccc1)CCC(=O)NCCN=C1CC(C)=NN1c1ccccc1)CCC(=O)NCCN(CCC(=O)NC/N=C1\CC(C)=NN1c1ccccc1)CCC(=O)NC/N=C1\CC(C)=NN1c1ccccc1. The largest absolute Gasteiger partial charge is 0.456 e. The summed E-state index contributed by atoms with van der Waals surface area (Å²) in [5.74, 6) is 2.71. The third-order valence-electron chi connectivity index (χ3n) is 23.7. The van der Waals surface area contributed by atoms with Gasteiger partial charge in [0.2, 0.25) is 35.4 Å². The van der Waals surface area contributed by atoms with E-state index in [1.54, 1.807) is 10.0 Å². The summed E-state index contributed by atoms with van der Waals surface area (Å²) in [6, 6.07) is 59.4. The number of carbonyl (C=O) groups is 7. The summed E-state index contributed by atoms with van der Waals surface area (Å²) in [5.41, 5.74) is 11.0. The van der Waals surface area contributed by atoms with Crippen molar-refractivity contribution in [2.75, 3.05) is 174 Å². The molecule has 0 unspecified atom stereocenters. The van der Waals surface area contributed by atoms with Crippen LogP contribution >= 0.6 is 0 Å². The van der Waals surface area contributed by atoms with Crippen molar-refractivity contribution in [2.24, 2.45) is 40.4 Å². The number of ether oxygens (including phenoxy) is 1. The molecule has 1 spiro atoms. The molecule has 7 aromatic rings. The predicted molar refractivity (Wildman–Crippen MR) is 519 cm³/mol. The first-order chi connectivity index (χ1) is 63.3. The predicted octanol–water partition coefficient (Wildman–Crippen LogP) is 10.8. The quantitative estimate of drug-likeness (QED) is 0.0193. The van der Waals surface area contributed by atoms with Crippen LogP contribution in [0.4, 0.5) is 34.1 Å². The number of hydrogen-bond donors (Lipinski definition) is 6. The molecule has 32 heteroatoms. The number of rotatable bonds is 47. The highest BCUT2D eigenvalue weighted by atomic mass is 16.5. The zero-order chi connectivity index (χ0) is 91.3. The molecule has 0 fully saturated rings. The van der Waals surface area contributed by atoms with E-state index in [0.717, 1.165) is 112 Å². The molecule has 0 aromatic heterocycles. The van der Waals surface area contributed by atoms with Crippen LogP contribution in [0.2, 0.25) is 0 Å². The van der Waals surface area contributed by atoms with Gasteiger partial charge < -0.3 is 66.0 Å². The minimum absolute atomic E-state index is 0.0126. The molecule has 7 aromatic carbocycles. The number of hydrogen-bond acceptors (Lipinski definition) is 21. The average molecular weight is 1770 g/mol. The number of amidine groups is 4. The van der Waals surface area contributed by atoms with Crippen molar-refractivity contribution in [3.05, 3.63) is 204 Å². The molecule has 0 aliphatic carbocycles. The Morgan fingerprint density at radius 2 is 0.669 bits per heavy atom. The fraction of sp³-hybridized carbons (Fsp3) is 0.418. The molecular weight excluding hydrogens is 1640 g/mol. The number of fused-ring (bicyclic) bond motifs is 6. The van der Waals surface area contributed by atoms with Crippen molar-refractivity contribution in [1.82, 2.24) is 51.5 Å². The summed E-state index contributed by atoms with van der Waals surface area (Å²) in [6.07, 6.45) is 2.71. The van der Waals surface area contributed by atoms with Gasteiger partial charge in [0.05, 0.1) is 35.8 Å². The van der Waals surface area contributed by atoms with Crippen LogP contribution in [0, 0.1) is 0 Å². The van der Waals surface area contributed by atoms with E-state index in [9.17, 15) is 28.8 Å². The first kappa shape index (κ1) is 94.3. The summed E-state index contributed by atoms with van der Waals surface area (Å²) in [7, 11) is 0. The van der Waals surface area contributed by atoms with Crippen LogP contribution in [0.25, 0.3) is 0 Å². The lowest BCUT2D eigenvalue weighted by atomic mass is 9.74. The summed E-state index contributed by atoms with van der Waals surface area (Å²) in [6.45, 7) is 23.7. The van der Waals surface area contributed by atoms with E-state index in [1.807, 2.05) is 198 Å². The van der Waals surface area contributed by atoms with Gasteiger partial charge in [0, 0.05) is 245 Å². The van der Waals surface area contributed by atoms with Crippen molar-refractivity contribution in [3.8, 4) is 11.5 Å². The van der Waals surface area contributed by atoms with E-state index in [2.05, 4.69) is 131 Å². The lowest BCUT2D eigenvalue weighted by Gasteiger charge is -2.45. The van der Waals surface area contributed by atoms with Gasteiger partial charge in [-0.3, -0.25) is 43.5 Å². The lowest BCUT2D eigenvalue weighted by Crippen LogP contribution is -2.50. The van der Waals surface area contributed by atoms with Gasteiger partial charge in [-0.05, 0) is 128 Å². The van der Waals surface area contributed by atoms with E-state index in [-0.39, 0.29) is 146 Å². The Kier molecular flexibility index (Phi) is 33.8. The van der Waals surface area contributed by atoms with Crippen LogP contribution in [0.15, 0.2) is 222 Å². The van der Waals surface area contributed by atoms with Crippen molar-refractivity contribution in [3.63, 3.8) is 0 Å². The molecule has 6 aliphatic heterocycles. The van der Waals surface area contributed by atoms with Gasteiger partial charge in [-0.25, -0.2) is 30.0 Å². The molecule has 32 nitrogen and oxygen atoms in total. The van der Waals surface area contributed by atoms with E-state index < -0.39 is 5.54 Å². The Hall–Kier alpha value is -13.3. The van der Waals surface area contributed by atoms with Crippen LogP contribution in [0.1, 0.15) is 147 Å². The number of carbonyl (C=O) groups excluding carboxylic acids is 7. The highest BCUT2D eigenvalue weighted by Gasteiger charge is 2.56. The second kappa shape index (κ2) is 46.6. The van der Waals surface area contributed by atoms with Crippen LogP contribution < -0.4 is 66.5 Å². The van der Waals surface area contributed by atoms with Gasteiger partial charge in [0.25, 0.3) is 5.91 Å². The van der Waals surface area contributed by atoms with Gasteiger partial charge in [-0.2, -0.15) is 20.4 Å². The van der Waals surface area contributed by atoms with E-state index in [4.69, 9.17) is 24.7 Å². The summed E-state index contributed by atoms with van der Waals surface area (Å²) < 4.78 is 7.06. The standard InChI is InChI=1S/C98H124N24O8/c1-9-116(10-2)79-37-39-83-85(67-79)130-86-68-80(117(11-3)12-4)38-40-84(86)98(83)82-36-26-25-35-81(82)97(129)118(98)62-61-115(58-44-94(126)104-52-60-114(55-45-95(127)107-69-105-89-65-73(7)111-121(89)77-31-21-15-22-32-77)56-46-96(128)108-70-106-90-66-74(8)112-122(90)78-33-23-16-24-34-78)57-43-93(125)103-51-59-113(53-41-91(123)101-49-47-99-87-63-71(5)109-119(87)75-27-17-13-18-28-75)54-42-92(124)102-50-48-100-88-64-72(6)110-120(88)76-29-19-14-20-30-76/h13-40,67-68H,9-12,41-66,69-70H2,1-8H3,(H,101,123)(H,102,124)(H,103,125)(H,104,126)(H,107,127)(H,108,128)/b99-87?,100-88?,105-89+,106-90+. The van der Waals surface area contributed by atoms with Crippen molar-refractivity contribution in [2.45, 2.75) is 125 Å². The number of amides is 7. The van der Waals surface area contributed by atoms with Gasteiger partial charge in [-0.15, -0.1) is 0 Å². The Balaban J connectivity index is 0.697. The van der Waals surface area contributed by atoms with Crippen LogP contribution in [0.3, 0.4) is 0 Å². The minimum atomic E-state index is -1.16. The Morgan fingerprint density at radius 3 is 1.02 bits per heavy atom. The maximum absolute atomic E-state index is 15.7. The number of hydrazone groups is 4. The molecular formula is C98H124N24O8. The second-order valence-electron chi connectivity index (χ2n) is 32.8. The second-order valence-corrected chi connectivity index (χ2v) is 32.8. The average Bonchev–Trinajstić information content (AvgIpc) is 1.50. The topological polar surface area (TPSA) is 332 Å². The number of benzene rings is 7. The molecule has 0 saturated heterocycles. The third kappa shape index (κ3) is 24.8. The monoisotopic (exact) mass is 1770 g/mol. The maximum Gasteiger partial charge on any atom is 0.255 e. The van der Waals surface area contributed by atoms with E-state index in [1.165, 1.54) is 0 Å². The zero-order valence-electron chi connectivity index (χ0n) is 76.3. The van der Waals surface area contributed by atoms with Gasteiger partial charge in [0.1, 0.15) is 53.7 Å². The molecule has 6 N–H and O–H groups in total. The number of para-hydroxylation sites is 4. The van der Waals surface area contributed by atoms with Crippen LogP contribution in [-0.4, -0.2) is 251 Å². The number of aliphatic imine (C=N–C) groups is 4. The molecule has 13 rings (SSSR count). The summed E-state index contributed by atoms with van der Waals surface area (Å²) in [4.78, 5) is 131. The number of nitrogens with zero attached hydrogens (tertiary/aromatic N) is 18. The van der Waals surface area contributed by atoms with Gasteiger partial charge >= 0.3 is 0 Å². The summed E-state index contributed by atoms with van der Waals surface area (Å²) in [5, 5.41) is 44.2. The molecule has 6 aliphatic rings. The van der Waals surface area contributed by atoms with Crippen molar-refractivity contribution < 1.29 is 38.3 Å². The van der Waals surface area contributed by atoms with Crippen LogP contribution in [0.5, 0.6) is 11.5 Å². The number of anilines is 6. The van der Waals surface area contributed by atoms with E-state index >= 15 is 4.79 Å². The normalized spacial score (nSPS) is 16.1. The zero-order valence-corrected chi connectivity index (χ0v) is 76.3. The fourth-order valence-electron chi connectivity index (χ4n) is 17.0. The maximum atomic E-state index is 15.7. The van der Waals surface area contributed by atoms with E-state index in [0.29, 0.717) is 107 Å². The van der Waals surface area contributed by atoms with Crippen molar-refractivity contribution in [1.29, 1.82) is 0 Å². The van der Waals surface area contributed by atoms with Crippen LogP contribution in [-0.2, 0) is 34.3 Å². The molecule has 0 radical (unpaired) electrons. The number of nitrogens with one attached hydrogen (secondary N) is 6. The molecule has 0 atom stereocenters. The molecule has 7 amide bonds. The van der Waals surface area contributed by atoms with Gasteiger partial charge in [0.15, 0.2) is 0 Å². The third-order valence-corrected chi connectivity index (χ3v) is 23.7. The Bertz CT molecular complexity index is 5080. The fourth-order valence-corrected chi connectivity index (χ4v) is 17.0. The Morgan fingerprint density at radius 1 is 0.362 bits per heavy atom. The molecule has 130 heavy (non-hydrogen) atoms. The minimum Gasteiger partial charge on any atom is -0.456 e. The summed E-state index contributed by atoms with van der Waals surface area (Å²) >= 11 is 0. The highest BCUT2D eigenvalue weighted by molar-refractivity contribution is 6.17. The van der Waals surface area contributed by atoms with Gasteiger partial charge in [-0.1, -0.05) is 103 Å². The molecule has 684 valence electrons. The Labute approximate surface area is 762 Å². The molecule has 6 heterocycles. The highest BCUT2D eigenvalue weighted by Crippen LogP contribution is 2.58. The van der Waals surface area contributed by atoms with Crippen molar-refractivity contribution >= 4 is 122 Å². The molecule has 0 saturated carbocycles.